The van der Waals surface area contributed by atoms with Gasteiger partial charge in [-0.1, -0.05) is 53.0 Å². The molecule has 1 amide bonds. The van der Waals surface area contributed by atoms with E-state index in [0.717, 1.165) is 55.1 Å². The topological polar surface area (TPSA) is 36.4 Å². The first kappa shape index (κ1) is 25.3. The molecule has 0 radical (unpaired) electrons. The lowest BCUT2D eigenvalue weighted by Crippen LogP contribution is -2.46. The fourth-order valence-electron chi connectivity index (χ4n) is 5.49. The van der Waals surface area contributed by atoms with Crippen LogP contribution in [0.25, 0.3) is 6.08 Å². The monoisotopic (exact) mass is 539 g/mol. The molecule has 36 heavy (non-hydrogen) atoms. The predicted molar refractivity (Wildman–Crippen MR) is 150 cm³/mol. The quantitative estimate of drug-likeness (QED) is 0.347. The minimum absolute atomic E-state index is 0.0225. The summed E-state index contributed by atoms with van der Waals surface area (Å²) in [6, 6.07) is 15.2. The van der Waals surface area contributed by atoms with Crippen LogP contribution in [0, 0.1) is 13.8 Å². The Balaban J connectivity index is 1.32. The molecule has 7 heteroatoms. The van der Waals surface area contributed by atoms with Crippen LogP contribution in [0.15, 0.2) is 54.6 Å². The molecule has 2 aliphatic heterocycles. The van der Waals surface area contributed by atoms with Gasteiger partial charge in [0.1, 0.15) is 0 Å². The Morgan fingerprint density at radius 1 is 0.972 bits per heavy atom. The highest BCUT2D eigenvalue weighted by atomic mass is 35.5. The van der Waals surface area contributed by atoms with E-state index in [0.29, 0.717) is 27.2 Å². The van der Waals surface area contributed by atoms with Crippen LogP contribution in [0.3, 0.4) is 0 Å². The Kier molecular flexibility index (Phi) is 7.15. The smallest absolute Gasteiger partial charge is 0.258 e. The van der Waals surface area contributed by atoms with Crippen molar-refractivity contribution in [3.05, 3.63) is 97.8 Å². The average molecular weight is 541 g/mol. The van der Waals surface area contributed by atoms with Gasteiger partial charge in [-0.05, 0) is 93.4 Å². The second-order valence-electron chi connectivity index (χ2n) is 9.84. The molecule has 0 aliphatic carbocycles. The number of amides is 1. The lowest BCUT2D eigenvalue weighted by Gasteiger charge is -2.39. The zero-order chi connectivity index (χ0) is 25.4. The molecule has 3 aromatic rings. The Hall–Kier alpha value is -2.37. The molecule has 0 unspecified atom stereocenters. The molecule has 1 saturated heterocycles. The molecule has 0 atom stereocenters. The van der Waals surface area contributed by atoms with Crippen LogP contribution < -0.4 is 4.90 Å². The van der Waals surface area contributed by atoms with Gasteiger partial charge >= 0.3 is 0 Å². The maximum Gasteiger partial charge on any atom is 0.258 e. The Morgan fingerprint density at radius 2 is 1.64 bits per heavy atom. The molecule has 1 spiro atoms. The predicted octanol–water partition coefficient (Wildman–Crippen LogP) is 7.37. The number of hydrogen-bond acceptors (Lipinski definition) is 3. The summed E-state index contributed by atoms with van der Waals surface area (Å²) in [7, 11) is 0. The van der Waals surface area contributed by atoms with Gasteiger partial charge in [-0.2, -0.15) is 0 Å². The first-order chi connectivity index (χ1) is 17.2. The number of likely N-dealkylation sites (tertiary alicyclic amines) is 1. The lowest BCUT2D eigenvalue weighted by atomic mass is 9.74. The van der Waals surface area contributed by atoms with E-state index in [2.05, 4.69) is 22.0 Å². The number of aromatic nitrogens is 1. The summed E-state index contributed by atoms with van der Waals surface area (Å²) in [5, 5.41) is 2.00. The van der Waals surface area contributed by atoms with Crippen LogP contribution in [0.1, 0.15) is 45.7 Å². The SMILES string of the molecule is Cc1cc(C(=O)N2CC3(CCN(CC=Cc4ccc(Cl)cc4Cl)CC3)c3cc(Cl)ccc32)cc(C)n1. The summed E-state index contributed by atoms with van der Waals surface area (Å²) >= 11 is 18.7. The van der Waals surface area contributed by atoms with E-state index in [9.17, 15) is 4.79 Å². The third-order valence-corrected chi connectivity index (χ3v) is 8.09. The maximum absolute atomic E-state index is 13.6. The van der Waals surface area contributed by atoms with Crippen LogP contribution in [-0.4, -0.2) is 42.0 Å². The highest BCUT2D eigenvalue weighted by Gasteiger charge is 2.46. The highest BCUT2D eigenvalue weighted by Crippen LogP contribution is 2.48. The number of hydrogen-bond donors (Lipinski definition) is 0. The number of benzene rings is 2. The third kappa shape index (κ3) is 5.05. The molecule has 2 aliphatic rings. The lowest BCUT2D eigenvalue weighted by molar-refractivity contribution is 0.0977. The van der Waals surface area contributed by atoms with Crippen molar-refractivity contribution in [2.45, 2.75) is 32.1 Å². The minimum atomic E-state index is -0.0906. The Morgan fingerprint density at radius 3 is 2.33 bits per heavy atom. The van der Waals surface area contributed by atoms with Crippen molar-refractivity contribution in [2.75, 3.05) is 31.1 Å². The van der Waals surface area contributed by atoms with Crippen LogP contribution in [-0.2, 0) is 5.41 Å². The van der Waals surface area contributed by atoms with Crippen molar-refractivity contribution in [3.63, 3.8) is 0 Å². The number of piperidine rings is 1. The highest BCUT2D eigenvalue weighted by molar-refractivity contribution is 6.35. The third-order valence-electron chi connectivity index (χ3n) is 7.29. The summed E-state index contributed by atoms with van der Waals surface area (Å²) in [5.74, 6) is 0.0225. The van der Waals surface area contributed by atoms with E-state index in [-0.39, 0.29) is 11.3 Å². The van der Waals surface area contributed by atoms with Gasteiger partial charge < -0.3 is 4.90 Å². The second-order valence-corrected chi connectivity index (χ2v) is 11.1. The average Bonchev–Trinajstić information content (AvgIpc) is 3.14. The number of anilines is 1. The summed E-state index contributed by atoms with van der Waals surface area (Å²) < 4.78 is 0. The maximum atomic E-state index is 13.6. The molecule has 1 aromatic heterocycles. The van der Waals surface area contributed by atoms with Gasteiger partial charge in [-0.15, -0.1) is 0 Å². The molecule has 0 saturated carbocycles. The molecule has 186 valence electrons. The van der Waals surface area contributed by atoms with Crippen molar-refractivity contribution >= 4 is 52.5 Å². The van der Waals surface area contributed by atoms with Crippen molar-refractivity contribution < 1.29 is 4.79 Å². The van der Waals surface area contributed by atoms with E-state index in [4.69, 9.17) is 34.8 Å². The van der Waals surface area contributed by atoms with Crippen molar-refractivity contribution in [3.8, 4) is 0 Å². The van der Waals surface area contributed by atoms with E-state index < -0.39 is 0 Å². The molecule has 4 nitrogen and oxygen atoms in total. The zero-order valence-electron chi connectivity index (χ0n) is 20.4. The molecular weight excluding hydrogens is 513 g/mol. The fraction of sp³-hybridized carbons (Fsp3) is 0.310. The van der Waals surface area contributed by atoms with Gasteiger partial charge in [0.25, 0.3) is 5.91 Å². The first-order valence-corrected chi connectivity index (χ1v) is 13.3. The van der Waals surface area contributed by atoms with Gasteiger partial charge in [0, 0.05) is 56.2 Å². The summed E-state index contributed by atoms with van der Waals surface area (Å²) in [4.78, 5) is 22.5. The fourth-order valence-corrected chi connectivity index (χ4v) is 6.14. The molecule has 0 N–H and O–H groups in total. The van der Waals surface area contributed by atoms with Crippen LogP contribution >= 0.6 is 34.8 Å². The van der Waals surface area contributed by atoms with Crippen LogP contribution in [0.2, 0.25) is 15.1 Å². The molecular formula is C29H28Cl3N3O. The van der Waals surface area contributed by atoms with Crippen molar-refractivity contribution in [1.29, 1.82) is 0 Å². The molecule has 2 aromatic carbocycles. The minimum Gasteiger partial charge on any atom is -0.307 e. The largest absolute Gasteiger partial charge is 0.307 e. The number of nitrogens with zero attached hydrogens (tertiary/aromatic N) is 3. The zero-order valence-corrected chi connectivity index (χ0v) is 22.7. The summed E-state index contributed by atoms with van der Waals surface area (Å²) in [5.41, 5.74) is 5.42. The summed E-state index contributed by atoms with van der Waals surface area (Å²) in [6.07, 6.45) is 6.13. The standard InChI is InChI=1S/C29H28Cl3N3O/c1-19-14-22(15-20(2)33-19)28(36)35-18-29(25-16-23(30)7-8-27(25)35)9-12-34(13-10-29)11-3-4-21-5-6-24(31)17-26(21)32/h3-8,14-17H,9-13,18H2,1-2H3. The number of aryl methyl sites for hydroxylation is 2. The van der Waals surface area contributed by atoms with Crippen LogP contribution in [0.5, 0.6) is 0 Å². The van der Waals surface area contributed by atoms with Gasteiger partial charge in [0.05, 0.1) is 0 Å². The van der Waals surface area contributed by atoms with Gasteiger partial charge in [-0.25, -0.2) is 0 Å². The van der Waals surface area contributed by atoms with Gasteiger partial charge in [0.15, 0.2) is 0 Å². The number of carbonyl (C=O) groups excluding carboxylic acids is 1. The Labute approximate surface area is 227 Å². The number of fused-ring (bicyclic) bond motifs is 2. The van der Waals surface area contributed by atoms with Crippen molar-refractivity contribution in [2.24, 2.45) is 0 Å². The number of pyridine rings is 1. The van der Waals surface area contributed by atoms with Crippen molar-refractivity contribution in [1.82, 2.24) is 9.88 Å². The molecule has 1 fully saturated rings. The van der Waals surface area contributed by atoms with E-state index in [1.54, 1.807) is 6.07 Å². The van der Waals surface area contributed by atoms with Gasteiger partial charge in [-0.3, -0.25) is 14.7 Å². The van der Waals surface area contributed by atoms with Crippen LogP contribution in [0.4, 0.5) is 5.69 Å². The molecule has 5 rings (SSSR count). The van der Waals surface area contributed by atoms with Gasteiger partial charge in [0.2, 0.25) is 0 Å². The molecule has 0 bridgehead atoms. The normalized spacial score (nSPS) is 17.2. The molecule has 3 heterocycles. The number of rotatable bonds is 4. The first-order valence-electron chi connectivity index (χ1n) is 12.2. The summed E-state index contributed by atoms with van der Waals surface area (Å²) in [6.45, 7) is 7.25. The number of carbonyl (C=O) groups is 1. The van der Waals surface area contributed by atoms with E-state index >= 15 is 0 Å². The van der Waals surface area contributed by atoms with E-state index in [1.165, 1.54) is 5.56 Å². The Bertz CT molecular complexity index is 1330. The second kappa shape index (κ2) is 10.2. The number of halogens is 3. The van der Waals surface area contributed by atoms with E-state index in [1.807, 2.05) is 61.2 Å².